The van der Waals surface area contributed by atoms with Crippen LogP contribution in [0.3, 0.4) is 0 Å². The molecule has 0 unspecified atom stereocenters. The van der Waals surface area contributed by atoms with Crippen molar-refractivity contribution in [1.29, 1.82) is 0 Å². The first-order chi connectivity index (χ1) is 12.8. The van der Waals surface area contributed by atoms with Gasteiger partial charge in [-0.05, 0) is 62.6 Å². The summed E-state index contributed by atoms with van der Waals surface area (Å²) in [6, 6.07) is 11.8. The van der Waals surface area contributed by atoms with Gasteiger partial charge in [-0.2, -0.15) is 0 Å². The quantitative estimate of drug-likeness (QED) is 0.825. The minimum atomic E-state index is -3.69. The van der Waals surface area contributed by atoms with Crippen LogP contribution in [0.2, 0.25) is 0 Å². The van der Waals surface area contributed by atoms with E-state index in [-0.39, 0.29) is 17.4 Å². The smallest absolute Gasteiger partial charge is 0.261 e. The van der Waals surface area contributed by atoms with Crippen molar-refractivity contribution in [1.82, 2.24) is 4.90 Å². The van der Waals surface area contributed by atoms with E-state index in [1.165, 1.54) is 6.07 Å². The van der Waals surface area contributed by atoms with Gasteiger partial charge in [-0.25, -0.2) is 8.42 Å². The molecular weight excluding hydrogens is 364 g/mol. The summed E-state index contributed by atoms with van der Waals surface area (Å²) in [5.41, 5.74) is 2.23. The van der Waals surface area contributed by atoms with E-state index in [0.717, 1.165) is 31.5 Å². The zero-order valence-corrected chi connectivity index (χ0v) is 16.4. The Balaban J connectivity index is 1.67. The topological polar surface area (TPSA) is 75.7 Å². The molecule has 0 atom stereocenters. The molecule has 1 aliphatic rings. The van der Waals surface area contributed by atoms with Gasteiger partial charge in [-0.1, -0.05) is 17.7 Å². The molecule has 1 saturated heterocycles. The van der Waals surface area contributed by atoms with Crippen LogP contribution >= 0.6 is 0 Å². The van der Waals surface area contributed by atoms with E-state index in [9.17, 15) is 13.2 Å². The Morgan fingerprint density at radius 3 is 2.37 bits per heavy atom. The summed E-state index contributed by atoms with van der Waals surface area (Å²) in [5, 5.41) is 0. The maximum absolute atomic E-state index is 12.6. The zero-order valence-electron chi connectivity index (χ0n) is 15.6. The average molecular weight is 388 g/mol. The SMILES string of the molecule is Cc1ccc(NS(=O)(=O)c2ccc(OCC(=O)N3CCCC3)c(C)c2)cc1. The van der Waals surface area contributed by atoms with Crippen LogP contribution in [0.25, 0.3) is 0 Å². The molecule has 1 heterocycles. The molecule has 2 aromatic rings. The summed E-state index contributed by atoms with van der Waals surface area (Å²) in [4.78, 5) is 14.0. The predicted octanol–water partition coefficient (Wildman–Crippen LogP) is 3.11. The molecule has 1 amide bonds. The van der Waals surface area contributed by atoms with Crippen molar-refractivity contribution >= 4 is 21.6 Å². The number of anilines is 1. The van der Waals surface area contributed by atoms with Crippen molar-refractivity contribution in [3.05, 3.63) is 53.6 Å². The molecule has 0 radical (unpaired) electrons. The number of carbonyl (C=O) groups is 1. The number of carbonyl (C=O) groups excluding carboxylic acids is 1. The first-order valence-electron chi connectivity index (χ1n) is 8.96. The van der Waals surface area contributed by atoms with Gasteiger partial charge < -0.3 is 9.64 Å². The zero-order chi connectivity index (χ0) is 19.4. The van der Waals surface area contributed by atoms with Crippen molar-refractivity contribution in [2.24, 2.45) is 0 Å². The monoisotopic (exact) mass is 388 g/mol. The van der Waals surface area contributed by atoms with Gasteiger partial charge in [-0.3, -0.25) is 9.52 Å². The molecule has 7 heteroatoms. The first kappa shape index (κ1) is 19.2. The molecule has 0 spiro atoms. The van der Waals surface area contributed by atoms with E-state index >= 15 is 0 Å². The van der Waals surface area contributed by atoms with Crippen LogP contribution in [-0.4, -0.2) is 38.9 Å². The average Bonchev–Trinajstić information content (AvgIpc) is 3.17. The molecule has 0 aliphatic carbocycles. The number of amides is 1. The summed E-state index contributed by atoms with van der Waals surface area (Å²) >= 11 is 0. The summed E-state index contributed by atoms with van der Waals surface area (Å²) in [7, 11) is -3.69. The number of nitrogens with one attached hydrogen (secondary N) is 1. The highest BCUT2D eigenvalue weighted by Crippen LogP contribution is 2.24. The molecule has 144 valence electrons. The van der Waals surface area contributed by atoms with Crippen LogP contribution in [0.1, 0.15) is 24.0 Å². The van der Waals surface area contributed by atoms with Crippen LogP contribution in [0, 0.1) is 13.8 Å². The Morgan fingerprint density at radius 1 is 1.07 bits per heavy atom. The highest BCUT2D eigenvalue weighted by molar-refractivity contribution is 7.92. The number of hydrogen-bond donors (Lipinski definition) is 1. The van der Waals surface area contributed by atoms with Gasteiger partial charge in [-0.15, -0.1) is 0 Å². The van der Waals surface area contributed by atoms with E-state index in [1.807, 2.05) is 19.1 Å². The number of likely N-dealkylation sites (tertiary alicyclic amines) is 1. The van der Waals surface area contributed by atoms with E-state index in [2.05, 4.69) is 4.72 Å². The van der Waals surface area contributed by atoms with Crippen LogP contribution in [0.4, 0.5) is 5.69 Å². The molecule has 0 aromatic heterocycles. The number of aryl methyl sites for hydroxylation is 2. The fourth-order valence-corrected chi connectivity index (χ4v) is 4.13. The standard InChI is InChI=1S/C20H24N2O4S/c1-15-5-7-17(8-6-15)21-27(24,25)18-9-10-19(16(2)13-18)26-14-20(23)22-11-3-4-12-22/h5-10,13,21H,3-4,11-12,14H2,1-2H3. The highest BCUT2D eigenvalue weighted by atomic mass is 32.2. The van der Waals surface area contributed by atoms with E-state index in [1.54, 1.807) is 36.1 Å². The normalized spacial score (nSPS) is 14.2. The van der Waals surface area contributed by atoms with Crippen molar-refractivity contribution in [2.45, 2.75) is 31.6 Å². The first-order valence-corrected chi connectivity index (χ1v) is 10.4. The summed E-state index contributed by atoms with van der Waals surface area (Å²) in [5.74, 6) is 0.474. The number of benzene rings is 2. The second-order valence-electron chi connectivity index (χ2n) is 6.78. The van der Waals surface area contributed by atoms with E-state index in [4.69, 9.17) is 4.74 Å². The van der Waals surface area contributed by atoms with Gasteiger partial charge >= 0.3 is 0 Å². The van der Waals surface area contributed by atoms with Crippen molar-refractivity contribution < 1.29 is 17.9 Å². The van der Waals surface area contributed by atoms with Gasteiger partial charge in [0, 0.05) is 18.8 Å². The molecule has 0 saturated carbocycles. The maximum atomic E-state index is 12.6. The molecule has 3 rings (SSSR count). The molecule has 1 aliphatic heterocycles. The van der Waals surface area contributed by atoms with Crippen molar-refractivity contribution in [2.75, 3.05) is 24.4 Å². The second-order valence-corrected chi connectivity index (χ2v) is 8.46. The maximum Gasteiger partial charge on any atom is 0.261 e. The largest absolute Gasteiger partial charge is 0.483 e. The third-order valence-electron chi connectivity index (χ3n) is 4.57. The molecule has 1 fully saturated rings. The minimum Gasteiger partial charge on any atom is -0.483 e. The lowest BCUT2D eigenvalue weighted by Gasteiger charge is -2.16. The Labute approximate surface area is 160 Å². The molecule has 27 heavy (non-hydrogen) atoms. The molecule has 0 bridgehead atoms. The Hall–Kier alpha value is -2.54. The van der Waals surface area contributed by atoms with Gasteiger partial charge in [0.2, 0.25) is 0 Å². The van der Waals surface area contributed by atoms with Crippen molar-refractivity contribution in [3.63, 3.8) is 0 Å². The van der Waals surface area contributed by atoms with Crippen LogP contribution < -0.4 is 9.46 Å². The fraction of sp³-hybridized carbons (Fsp3) is 0.350. The lowest BCUT2D eigenvalue weighted by molar-refractivity contribution is -0.132. The van der Waals surface area contributed by atoms with Gasteiger partial charge in [0.25, 0.3) is 15.9 Å². The number of hydrogen-bond acceptors (Lipinski definition) is 4. The Kier molecular flexibility index (Phi) is 5.70. The number of sulfonamides is 1. The molecule has 6 nitrogen and oxygen atoms in total. The van der Waals surface area contributed by atoms with Gasteiger partial charge in [0.05, 0.1) is 4.90 Å². The summed E-state index contributed by atoms with van der Waals surface area (Å²) in [6.07, 6.45) is 2.07. The molecule has 2 aromatic carbocycles. The summed E-state index contributed by atoms with van der Waals surface area (Å²) < 4.78 is 33.3. The van der Waals surface area contributed by atoms with Gasteiger partial charge in [0.1, 0.15) is 5.75 Å². The molecule has 1 N–H and O–H groups in total. The van der Waals surface area contributed by atoms with E-state index in [0.29, 0.717) is 17.0 Å². The lowest BCUT2D eigenvalue weighted by Crippen LogP contribution is -2.32. The summed E-state index contributed by atoms with van der Waals surface area (Å²) in [6.45, 7) is 5.23. The van der Waals surface area contributed by atoms with Gasteiger partial charge in [0.15, 0.2) is 6.61 Å². The number of rotatable bonds is 6. The van der Waals surface area contributed by atoms with E-state index < -0.39 is 10.0 Å². The highest BCUT2D eigenvalue weighted by Gasteiger charge is 2.19. The van der Waals surface area contributed by atoms with Crippen LogP contribution in [0.5, 0.6) is 5.75 Å². The van der Waals surface area contributed by atoms with Crippen LogP contribution in [-0.2, 0) is 14.8 Å². The number of ether oxygens (including phenoxy) is 1. The predicted molar refractivity (Wildman–Crippen MR) is 104 cm³/mol. The molecular formula is C20H24N2O4S. The Bertz CT molecular complexity index is 917. The van der Waals surface area contributed by atoms with Crippen LogP contribution in [0.15, 0.2) is 47.4 Å². The lowest BCUT2D eigenvalue weighted by atomic mass is 10.2. The third kappa shape index (κ3) is 4.80. The Morgan fingerprint density at radius 2 is 1.74 bits per heavy atom. The number of nitrogens with zero attached hydrogens (tertiary/aromatic N) is 1. The fourth-order valence-electron chi connectivity index (χ4n) is 2.98. The third-order valence-corrected chi connectivity index (χ3v) is 5.95. The minimum absolute atomic E-state index is 0.0332. The second kappa shape index (κ2) is 8.00. The van der Waals surface area contributed by atoms with Crippen molar-refractivity contribution in [3.8, 4) is 5.75 Å².